The zero-order chi connectivity index (χ0) is 15.3. The van der Waals surface area contributed by atoms with Crippen LogP contribution in [-0.4, -0.2) is 17.6 Å². The van der Waals surface area contributed by atoms with Crippen LogP contribution in [0.5, 0.6) is 5.75 Å². The lowest BCUT2D eigenvalue weighted by Gasteiger charge is -2.16. The van der Waals surface area contributed by atoms with Crippen molar-refractivity contribution in [3.05, 3.63) is 54.2 Å². The van der Waals surface area contributed by atoms with Crippen LogP contribution in [0.1, 0.15) is 12.5 Å². The summed E-state index contributed by atoms with van der Waals surface area (Å²) in [6.45, 7) is 2.30. The molecule has 3 nitrogen and oxygen atoms in total. The van der Waals surface area contributed by atoms with Gasteiger partial charge in [0.1, 0.15) is 17.7 Å². The molecule has 2 rings (SSSR count). The maximum Gasteiger partial charge on any atom is 0.417 e. The Kier molecular flexibility index (Phi) is 4.67. The van der Waals surface area contributed by atoms with E-state index in [1.54, 1.807) is 0 Å². The van der Waals surface area contributed by atoms with Crippen molar-refractivity contribution < 1.29 is 17.9 Å². The average molecular weight is 296 g/mol. The maximum atomic E-state index is 12.4. The molecule has 0 fully saturated rings. The summed E-state index contributed by atoms with van der Waals surface area (Å²) in [5, 5.41) is 2.94. The molecule has 0 saturated carbocycles. The van der Waals surface area contributed by atoms with Gasteiger partial charge in [-0.1, -0.05) is 18.2 Å². The van der Waals surface area contributed by atoms with Crippen LogP contribution in [0.25, 0.3) is 0 Å². The molecule has 0 bridgehead atoms. The van der Waals surface area contributed by atoms with Crippen molar-refractivity contribution in [2.24, 2.45) is 0 Å². The predicted molar refractivity (Wildman–Crippen MR) is 74.3 cm³/mol. The number of halogens is 3. The zero-order valence-electron chi connectivity index (χ0n) is 11.4. The van der Waals surface area contributed by atoms with E-state index in [1.165, 1.54) is 6.07 Å². The zero-order valence-corrected chi connectivity index (χ0v) is 11.4. The molecule has 0 aliphatic carbocycles. The van der Waals surface area contributed by atoms with E-state index in [0.717, 1.165) is 18.0 Å². The molecule has 1 atom stereocenters. The van der Waals surface area contributed by atoms with Gasteiger partial charge in [-0.15, -0.1) is 0 Å². The van der Waals surface area contributed by atoms with Crippen LogP contribution in [0.3, 0.4) is 0 Å². The molecule has 1 unspecified atom stereocenters. The van der Waals surface area contributed by atoms with E-state index in [2.05, 4.69) is 10.3 Å². The third kappa shape index (κ3) is 4.66. The Morgan fingerprint density at radius 3 is 2.43 bits per heavy atom. The minimum Gasteiger partial charge on any atom is -0.489 e. The summed E-state index contributed by atoms with van der Waals surface area (Å²) in [4.78, 5) is 3.74. The molecule has 1 aromatic heterocycles. The Balaban J connectivity index is 1.85. The van der Waals surface area contributed by atoms with Crippen LogP contribution >= 0.6 is 0 Å². The van der Waals surface area contributed by atoms with Crippen LogP contribution in [-0.2, 0) is 6.18 Å². The summed E-state index contributed by atoms with van der Waals surface area (Å²) in [5.41, 5.74) is -0.762. The highest BCUT2D eigenvalue weighted by atomic mass is 19.4. The number of benzene rings is 1. The molecule has 1 aromatic carbocycles. The maximum absolute atomic E-state index is 12.4. The highest BCUT2D eigenvalue weighted by Crippen LogP contribution is 2.28. The molecule has 0 radical (unpaired) electrons. The molecule has 0 amide bonds. The van der Waals surface area contributed by atoms with Crippen molar-refractivity contribution in [3.8, 4) is 5.75 Å². The normalized spacial score (nSPS) is 12.8. The second-order valence-electron chi connectivity index (χ2n) is 4.55. The SMILES string of the molecule is CC(CNc1ccc(C(F)(F)F)cn1)Oc1ccccc1. The van der Waals surface area contributed by atoms with Crippen molar-refractivity contribution in [2.75, 3.05) is 11.9 Å². The van der Waals surface area contributed by atoms with Gasteiger partial charge in [-0.3, -0.25) is 0 Å². The first-order valence-electron chi connectivity index (χ1n) is 6.44. The number of nitrogens with zero attached hydrogens (tertiary/aromatic N) is 1. The minimum absolute atomic E-state index is 0.142. The van der Waals surface area contributed by atoms with Crippen molar-refractivity contribution in [1.82, 2.24) is 4.98 Å². The van der Waals surface area contributed by atoms with Crippen LogP contribution in [0.15, 0.2) is 48.7 Å². The summed E-state index contributed by atoms with van der Waals surface area (Å²) in [6.07, 6.45) is -3.70. The second-order valence-corrected chi connectivity index (χ2v) is 4.55. The largest absolute Gasteiger partial charge is 0.489 e. The highest BCUT2D eigenvalue weighted by molar-refractivity contribution is 5.36. The quantitative estimate of drug-likeness (QED) is 0.906. The Hall–Kier alpha value is -2.24. The molecular formula is C15H15F3N2O. The van der Waals surface area contributed by atoms with Crippen molar-refractivity contribution in [2.45, 2.75) is 19.2 Å². The van der Waals surface area contributed by atoms with E-state index in [-0.39, 0.29) is 6.10 Å². The fourth-order valence-electron chi connectivity index (χ4n) is 1.69. The molecule has 1 heterocycles. The molecule has 0 aliphatic rings. The standard InChI is InChI=1S/C15H15F3N2O/c1-11(21-13-5-3-2-4-6-13)9-19-14-8-7-12(10-20-14)15(16,17)18/h2-8,10-11H,9H2,1H3,(H,19,20). The van der Waals surface area contributed by atoms with E-state index in [0.29, 0.717) is 12.4 Å². The number of hydrogen-bond donors (Lipinski definition) is 1. The van der Waals surface area contributed by atoms with Crippen molar-refractivity contribution in [1.29, 1.82) is 0 Å². The van der Waals surface area contributed by atoms with Gasteiger partial charge >= 0.3 is 6.18 Å². The van der Waals surface area contributed by atoms with Crippen molar-refractivity contribution >= 4 is 5.82 Å². The first-order chi connectivity index (χ1) is 9.95. The van der Waals surface area contributed by atoms with E-state index in [4.69, 9.17) is 4.74 Å². The lowest BCUT2D eigenvalue weighted by atomic mass is 10.3. The minimum atomic E-state index is -4.37. The average Bonchev–Trinajstić information content (AvgIpc) is 2.46. The molecule has 0 aliphatic heterocycles. The Bertz CT molecular complexity index is 555. The van der Waals surface area contributed by atoms with Gasteiger partial charge in [0.25, 0.3) is 0 Å². The number of pyridine rings is 1. The number of alkyl halides is 3. The number of nitrogens with one attached hydrogen (secondary N) is 1. The first kappa shape index (κ1) is 15.2. The molecule has 6 heteroatoms. The summed E-state index contributed by atoms with van der Waals surface area (Å²) < 4.78 is 42.8. The van der Waals surface area contributed by atoms with Gasteiger partial charge in [0.2, 0.25) is 0 Å². The van der Waals surface area contributed by atoms with Gasteiger partial charge in [-0.2, -0.15) is 13.2 Å². The lowest BCUT2D eigenvalue weighted by molar-refractivity contribution is -0.137. The predicted octanol–water partition coefficient (Wildman–Crippen LogP) is 3.98. The second kappa shape index (κ2) is 6.47. The van der Waals surface area contributed by atoms with Gasteiger partial charge in [-0.25, -0.2) is 4.98 Å². The number of rotatable bonds is 5. The Labute approximate surface area is 120 Å². The van der Waals surface area contributed by atoms with Gasteiger partial charge in [-0.05, 0) is 31.2 Å². The molecular weight excluding hydrogens is 281 g/mol. The molecule has 2 aromatic rings. The van der Waals surface area contributed by atoms with E-state index in [9.17, 15) is 13.2 Å². The first-order valence-corrected chi connectivity index (χ1v) is 6.44. The van der Waals surface area contributed by atoms with Gasteiger partial charge in [0.15, 0.2) is 0 Å². The third-order valence-electron chi connectivity index (χ3n) is 2.74. The summed E-state index contributed by atoms with van der Waals surface area (Å²) >= 11 is 0. The Morgan fingerprint density at radius 2 is 1.86 bits per heavy atom. The third-order valence-corrected chi connectivity index (χ3v) is 2.74. The van der Waals surface area contributed by atoms with Crippen LogP contribution < -0.4 is 10.1 Å². The van der Waals surface area contributed by atoms with Crippen molar-refractivity contribution in [3.63, 3.8) is 0 Å². The number of ether oxygens (including phenoxy) is 1. The molecule has 112 valence electrons. The van der Waals surface area contributed by atoms with Crippen LogP contribution in [0.4, 0.5) is 19.0 Å². The number of aromatic nitrogens is 1. The van der Waals surface area contributed by atoms with E-state index >= 15 is 0 Å². The van der Waals surface area contributed by atoms with E-state index < -0.39 is 11.7 Å². The monoisotopic (exact) mass is 296 g/mol. The summed E-state index contributed by atoms with van der Waals surface area (Å²) in [7, 11) is 0. The van der Waals surface area contributed by atoms with Gasteiger partial charge in [0, 0.05) is 6.20 Å². The highest BCUT2D eigenvalue weighted by Gasteiger charge is 2.30. The fraction of sp³-hybridized carbons (Fsp3) is 0.267. The Morgan fingerprint density at radius 1 is 1.14 bits per heavy atom. The van der Waals surface area contributed by atoms with Crippen LogP contribution in [0.2, 0.25) is 0 Å². The smallest absolute Gasteiger partial charge is 0.417 e. The fourth-order valence-corrected chi connectivity index (χ4v) is 1.69. The summed E-state index contributed by atoms with van der Waals surface area (Å²) in [5.74, 6) is 1.12. The lowest BCUT2D eigenvalue weighted by Crippen LogP contribution is -2.23. The molecule has 1 N–H and O–H groups in total. The van der Waals surface area contributed by atoms with Gasteiger partial charge < -0.3 is 10.1 Å². The summed E-state index contributed by atoms with van der Waals surface area (Å²) in [6, 6.07) is 11.6. The van der Waals surface area contributed by atoms with E-state index in [1.807, 2.05) is 37.3 Å². The topological polar surface area (TPSA) is 34.2 Å². The van der Waals surface area contributed by atoms with Gasteiger partial charge in [0.05, 0.1) is 12.1 Å². The molecule has 0 spiro atoms. The molecule has 0 saturated heterocycles. The number of hydrogen-bond acceptors (Lipinski definition) is 3. The molecule has 21 heavy (non-hydrogen) atoms. The number of para-hydroxylation sites is 1. The van der Waals surface area contributed by atoms with Crippen LogP contribution in [0, 0.1) is 0 Å². The number of anilines is 1.